The second-order valence-corrected chi connectivity index (χ2v) is 4.14. The predicted octanol–water partition coefficient (Wildman–Crippen LogP) is 2.84. The van der Waals surface area contributed by atoms with Crippen LogP contribution in [0.1, 0.15) is 17.5 Å². The molecule has 0 amide bonds. The van der Waals surface area contributed by atoms with Crippen LogP contribution in [0.25, 0.3) is 0 Å². The Hall–Kier alpha value is -1.27. The van der Waals surface area contributed by atoms with Crippen LogP contribution < -0.4 is 4.74 Å². The fraction of sp³-hybridized carbons (Fsp3) is 0.538. The molecule has 0 fully saturated rings. The van der Waals surface area contributed by atoms with Crippen molar-refractivity contribution < 1.29 is 27.8 Å². The van der Waals surface area contributed by atoms with Gasteiger partial charge in [0.1, 0.15) is 12.4 Å². The lowest BCUT2D eigenvalue weighted by Gasteiger charge is -2.11. The van der Waals surface area contributed by atoms with E-state index in [0.29, 0.717) is 17.7 Å². The minimum Gasteiger partial charge on any atom is -0.493 e. The van der Waals surface area contributed by atoms with Crippen molar-refractivity contribution in [2.45, 2.75) is 26.1 Å². The highest BCUT2D eigenvalue weighted by Crippen LogP contribution is 2.20. The van der Waals surface area contributed by atoms with E-state index >= 15 is 0 Å². The zero-order chi connectivity index (χ0) is 14.3. The number of rotatable bonds is 7. The molecule has 19 heavy (non-hydrogen) atoms. The van der Waals surface area contributed by atoms with Gasteiger partial charge in [-0.2, -0.15) is 13.2 Å². The first-order valence-corrected chi connectivity index (χ1v) is 5.90. The average molecular weight is 278 g/mol. The van der Waals surface area contributed by atoms with Crippen LogP contribution in [-0.2, 0) is 11.3 Å². The van der Waals surface area contributed by atoms with E-state index in [0.717, 1.165) is 5.56 Å². The molecule has 0 aliphatic rings. The zero-order valence-corrected chi connectivity index (χ0v) is 10.7. The number of aliphatic hydroxyl groups is 1. The van der Waals surface area contributed by atoms with E-state index in [2.05, 4.69) is 4.74 Å². The molecule has 1 rings (SSSR count). The van der Waals surface area contributed by atoms with Crippen LogP contribution in [0.3, 0.4) is 0 Å². The Bertz CT molecular complexity index is 391. The Morgan fingerprint density at radius 1 is 1.21 bits per heavy atom. The van der Waals surface area contributed by atoms with E-state index in [-0.39, 0.29) is 19.8 Å². The molecule has 0 radical (unpaired) electrons. The average Bonchev–Trinajstić information content (AvgIpc) is 2.33. The maximum Gasteiger partial charge on any atom is 0.411 e. The predicted molar refractivity (Wildman–Crippen MR) is 64.1 cm³/mol. The van der Waals surface area contributed by atoms with Crippen LogP contribution in [0, 0.1) is 6.92 Å². The third-order valence-corrected chi connectivity index (χ3v) is 2.34. The molecule has 1 aromatic rings. The summed E-state index contributed by atoms with van der Waals surface area (Å²) in [6.45, 7) is 0.753. The van der Waals surface area contributed by atoms with Crippen molar-refractivity contribution in [1.82, 2.24) is 0 Å². The Kier molecular flexibility index (Phi) is 6.11. The van der Waals surface area contributed by atoms with Crippen molar-refractivity contribution in [3.63, 3.8) is 0 Å². The third-order valence-electron chi connectivity index (χ3n) is 2.34. The lowest BCUT2D eigenvalue weighted by Crippen LogP contribution is -2.18. The number of aliphatic hydroxyl groups excluding tert-OH is 1. The molecule has 0 atom stereocenters. The van der Waals surface area contributed by atoms with Crippen molar-refractivity contribution >= 4 is 0 Å². The quantitative estimate of drug-likeness (QED) is 0.779. The highest BCUT2D eigenvalue weighted by Gasteiger charge is 2.27. The molecule has 108 valence electrons. The van der Waals surface area contributed by atoms with Gasteiger partial charge in [-0.05, 0) is 13.0 Å². The van der Waals surface area contributed by atoms with Crippen molar-refractivity contribution in [2.75, 3.05) is 19.8 Å². The largest absolute Gasteiger partial charge is 0.493 e. The van der Waals surface area contributed by atoms with Gasteiger partial charge in [0.25, 0.3) is 0 Å². The second kappa shape index (κ2) is 7.35. The Balaban J connectivity index is 2.26. The summed E-state index contributed by atoms with van der Waals surface area (Å²) < 4.78 is 45.2. The molecule has 0 unspecified atom stereocenters. The van der Waals surface area contributed by atoms with E-state index in [1.807, 2.05) is 13.0 Å². The number of halogens is 3. The van der Waals surface area contributed by atoms with Crippen LogP contribution >= 0.6 is 0 Å². The van der Waals surface area contributed by atoms with Crippen LogP contribution in [0.15, 0.2) is 18.2 Å². The van der Waals surface area contributed by atoms with E-state index < -0.39 is 12.8 Å². The lowest BCUT2D eigenvalue weighted by atomic mass is 10.1. The molecule has 0 saturated carbocycles. The van der Waals surface area contributed by atoms with Gasteiger partial charge < -0.3 is 14.6 Å². The molecule has 3 nitrogen and oxygen atoms in total. The lowest BCUT2D eigenvalue weighted by molar-refractivity contribution is -0.174. The van der Waals surface area contributed by atoms with E-state index in [9.17, 15) is 13.2 Å². The SMILES string of the molecule is Cc1ccc(OCCCOCC(F)(F)F)c(CO)c1. The van der Waals surface area contributed by atoms with Gasteiger partial charge in [0.2, 0.25) is 0 Å². The van der Waals surface area contributed by atoms with Gasteiger partial charge in [0.05, 0.1) is 19.8 Å². The molecule has 0 aromatic heterocycles. The highest BCUT2D eigenvalue weighted by molar-refractivity contribution is 5.36. The van der Waals surface area contributed by atoms with Crippen LogP contribution in [0.2, 0.25) is 0 Å². The van der Waals surface area contributed by atoms with Crippen molar-refractivity contribution in [3.05, 3.63) is 29.3 Å². The molecule has 0 bridgehead atoms. The fourth-order valence-electron chi connectivity index (χ4n) is 1.50. The Labute approximate surface area is 110 Å². The summed E-state index contributed by atoms with van der Waals surface area (Å²) in [6, 6.07) is 5.38. The van der Waals surface area contributed by atoms with Crippen molar-refractivity contribution in [2.24, 2.45) is 0 Å². The Morgan fingerprint density at radius 3 is 2.58 bits per heavy atom. The Morgan fingerprint density at radius 2 is 1.95 bits per heavy atom. The molecule has 0 heterocycles. The van der Waals surface area contributed by atoms with Gasteiger partial charge in [-0.25, -0.2) is 0 Å². The zero-order valence-electron chi connectivity index (χ0n) is 10.7. The first kappa shape index (κ1) is 15.8. The molecule has 0 saturated heterocycles. The summed E-state index contributed by atoms with van der Waals surface area (Å²) in [6.07, 6.45) is -3.93. The number of ether oxygens (including phenoxy) is 2. The summed E-state index contributed by atoms with van der Waals surface area (Å²) in [5.74, 6) is 0.545. The van der Waals surface area contributed by atoms with Gasteiger partial charge in [-0.1, -0.05) is 17.7 Å². The van der Waals surface area contributed by atoms with Gasteiger partial charge >= 0.3 is 6.18 Å². The van der Waals surface area contributed by atoms with Crippen molar-refractivity contribution in [3.8, 4) is 5.75 Å². The van der Waals surface area contributed by atoms with Crippen molar-refractivity contribution in [1.29, 1.82) is 0 Å². The smallest absolute Gasteiger partial charge is 0.411 e. The van der Waals surface area contributed by atoms with Gasteiger partial charge in [-0.15, -0.1) is 0 Å². The van der Waals surface area contributed by atoms with Gasteiger partial charge in [-0.3, -0.25) is 0 Å². The molecule has 0 aliphatic carbocycles. The standard InChI is InChI=1S/C13H17F3O3/c1-10-3-4-12(11(7-10)8-17)19-6-2-5-18-9-13(14,15)16/h3-4,7,17H,2,5-6,8-9H2,1H3. The first-order valence-electron chi connectivity index (χ1n) is 5.90. The van der Waals surface area contributed by atoms with E-state index in [1.54, 1.807) is 12.1 Å². The maximum atomic E-state index is 11.8. The van der Waals surface area contributed by atoms with E-state index in [4.69, 9.17) is 9.84 Å². The molecular formula is C13H17F3O3. The molecular weight excluding hydrogens is 261 g/mol. The van der Waals surface area contributed by atoms with Crippen LogP contribution in [0.5, 0.6) is 5.75 Å². The summed E-state index contributed by atoms with van der Waals surface area (Å²) in [5, 5.41) is 9.14. The number of hydrogen-bond donors (Lipinski definition) is 1. The van der Waals surface area contributed by atoms with Gasteiger partial charge in [0, 0.05) is 12.0 Å². The summed E-state index contributed by atoms with van der Waals surface area (Å²) in [7, 11) is 0. The normalized spacial score (nSPS) is 11.6. The first-order chi connectivity index (χ1) is 8.92. The molecule has 6 heteroatoms. The number of hydrogen-bond acceptors (Lipinski definition) is 3. The minimum atomic E-state index is -4.29. The van der Waals surface area contributed by atoms with Crippen LogP contribution in [-0.4, -0.2) is 31.1 Å². The minimum absolute atomic E-state index is 0.0141. The summed E-state index contributed by atoms with van der Waals surface area (Å²) in [4.78, 5) is 0. The molecule has 1 N–H and O–H groups in total. The van der Waals surface area contributed by atoms with Gasteiger partial charge in [0.15, 0.2) is 0 Å². The molecule has 0 aliphatic heterocycles. The molecule has 1 aromatic carbocycles. The monoisotopic (exact) mass is 278 g/mol. The number of alkyl halides is 3. The fourth-order valence-corrected chi connectivity index (χ4v) is 1.50. The van der Waals surface area contributed by atoms with E-state index in [1.165, 1.54) is 0 Å². The summed E-state index contributed by atoms with van der Waals surface area (Å²) >= 11 is 0. The topological polar surface area (TPSA) is 38.7 Å². The third kappa shape index (κ3) is 6.45. The molecule has 0 spiro atoms. The van der Waals surface area contributed by atoms with Crippen LogP contribution in [0.4, 0.5) is 13.2 Å². The summed E-state index contributed by atoms with van der Waals surface area (Å²) in [5.41, 5.74) is 1.67. The number of aryl methyl sites for hydroxylation is 1. The second-order valence-electron chi connectivity index (χ2n) is 4.14. The highest BCUT2D eigenvalue weighted by atomic mass is 19.4. The number of benzene rings is 1. The maximum absolute atomic E-state index is 11.8.